The summed E-state index contributed by atoms with van der Waals surface area (Å²) < 4.78 is 1.29. The molecule has 1 aliphatic heterocycles. The number of benzene rings is 4. The fourth-order valence-corrected chi connectivity index (χ4v) is 15.3. The summed E-state index contributed by atoms with van der Waals surface area (Å²) in [6.07, 6.45) is 0.643. The first-order valence-corrected chi connectivity index (χ1v) is 41.2. The van der Waals surface area contributed by atoms with Crippen LogP contribution in [0.4, 0.5) is 10.5 Å². The number of para-hydroxylation sites is 1. The predicted molar refractivity (Wildman–Crippen MR) is 443 cm³/mol. The van der Waals surface area contributed by atoms with Gasteiger partial charge in [-0.2, -0.15) is 9.78 Å². The predicted octanol–water partition coefficient (Wildman–Crippen LogP) is 1.70. The van der Waals surface area contributed by atoms with E-state index >= 15 is 0 Å². The zero-order valence-corrected chi connectivity index (χ0v) is 68.1. The molecule has 1 fully saturated rings. The van der Waals surface area contributed by atoms with Crippen LogP contribution in [0, 0.1) is 5.92 Å². The molecule has 11 atom stereocenters. The van der Waals surface area contributed by atoms with Gasteiger partial charge in [-0.15, -0.1) is 0 Å². The topological polar surface area (TPSA) is 524 Å². The fraction of sp³-hybridized carbons (Fsp3) is 0.443. The summed E-state index contributed by atoms with van der Waals surface area (Å²) in [7, 11) is 3.93. The highest BCUT2D eigenvalue weighted by Gasteiger charge is 2.38. The van der Waals surface area contributed by atoms with Crippen molar-refractivity contribution in [1.29, 1.82) is 0 Å². The van der Waals surface area contributed by atoms with Gasteiger partial charge in [0.1, 0.15) is 54.4 Å². The first kappa shape index (κ1) is 91.9. The van der Waals surface area contributed by atoms with E-state index in [-0.39, 0.29) is 88.0 Å². The number of hydrogen-bond donors (Lipinski definition) is 18. The molecule has 22 N–H and O–H groups in total. The molecule has 33 nitrogen and oxygen atoms in total. The molecule has 1 aliphatic rings. The van der Waals surface area contributed by atoms with Crippen LogP contribution in [0.3, 0.4) is 0 Å². The third-order valence-corrected chi connectivity index (χ3v) is 21.6. The van der Waals surface area contributed by atoms with Gasteiger partial charge in [-0.3, -0.25) is 57.7 Å². The first-order chi connectivity index (χ1) is 54.9. The van der Waals surface area contributed by atoms with Gasteiger partial charge < -0.3 is 96.9 Å². The monoisotopic (exact) mass is 1640 g/mol. The van der Waals surface area contributed by atoms with Crippen LogP contribution in [0.25, 0.3) is 23.1 Å². The number of amides is 12. The molecular formula is C79H107N19O14S3. The van der Waals surface area contributed by atoms with Crippen LogP contribution in [-0.4, -0.2) is 208 Å². The summed E-state index contributed by atoms with van der Waals surface area (Å²) in [5.41, 5.74) is 28.0. The van der Waals surface area contributed by atoms with Gasteiger partial charge in [-0.25, -0.2) is 4.79 Å². The fourth-order valence-electron chi connectivity index (χ4n) is 12.4. The zero-order chi connectivity index (χ0) is 84.1. The molecule has 36 heteroatoms. The van der Waals surface area contributed by atoms with E-state index in [0.717, 1.165) is 21.3 Å². The van der Waals surface area contributed by atoms with Gasteiger partial charge >= 0.3 is 6.03 Å². The highest BCUT2D eigenvalue weighted by atomic mass is 33.1. The van der Waals surface area contributed by atoms with Gasteiger partial charge in [0.25, 0.3) is 5.91 Å². The van der Waals surface area contributed by atoms with Crippen molar-refractivity contribution in [3.05, 3.63) is 149 Å². The van der Waals surface area contributed by atoms with Crippen LogP contribution in [0.1, 0.15) is 125 Å². The molecule has 7 rings (SSSR count). The van der Waals surface area contributed by atoms with E-state index < -0.39 is 150 Å². The van der Waals surface area contributed by atoms with Crippen molar-refractivity contribution >= 4 is 133 Å². The van der Waals surface area contributed by atoms with E-state index in [9.17, 15) is 67.7 Å². The van der Waals surface area contributed by atoms with E-state index in [4.69, 9.17) is 28.0 Å². The number of nitrogens with zero attached hydrogens (tertiary/aromatic N) is 3. The Hall–Kier alpha value is -10.3. The van der Waals surface area contributed by atoms with Crippen LogP contribution >= 0.6 is 33.3 Å². The average Bonchev–Trinajstić information content (AvgIpc) is 1.66. The number of nitrogens with one attached hydrogen (secondary N) is 12. The minimum absolute atomic E-state index is 0.0322. The van der Waals surface area contributed by atoms with Crippen molar-refractivity contribution in [1.82, 2.24) is 73.2 Å². The maximum Gasteiger partial charge on any atom is 0.347 e. The Balaban J connectivity index is 1.09. The number of nitrogens with two attached hydrogens (primary N) is 4. The molecule has 115 heavy (non-hydrogen) atoms. The molecule has 620 valence electrons. The summed E-state index contributed by atoms with van der Waals surface area (Å²) in [4.78, 5) is 177. The molecule has 4 aromatic carbocycles. The number of carbonyl (C=O) groups excluding carboxylic acids is 12. The Kier molecular flexibility index (Phi) is 36.0. The van der Waals surface area contributed by atoms with E-state index in [1.54, 1.807) is 87.8 Å². The summed E-state index contributed by atoms with van der Waals surface area (Å²) in [6.45, 7) is 10.8. The number of aliphatic hydroxyl groups excluding tert-OH is 2. The lowest BCUT2D eigenvalue weighted by Crippen LogP contribution is -2.61. The average molecular weight is 1640 g/mol. The van der Waals surface area contributed by atoms with Crippen molar-refractivity contribution < 1.29 is 67.7 Å². The molecule has 2 aromatic heterocycles. The van der Waals surface area contributed by atoms with Crippen LogP contribution in [0.2, 0.25) is 0 Å². The quantitative estimate of drug-likeness (QED) is 0.0225. The highest BCUT2D eigenvalue weighted by molar-refractivity contribution is 8.76. The summed E-state index contributed by atoms with van der Waals surface area (Å²) >= 11 is 1.35. The minimum Gasteiger partial charge on any atom is -0.391 e. The van der Waals surface area contributed by atoms with Gasteiger partial charge in [0.05, 0.1) is 46.1 Å². The van der Waals surface area contributed by atoms with E-state index in [2.05, 4.69) is 68.8 Å². The molecule has 0 radical (unpaired) electrons. The Morgan fingerprint density at radius 3 is 1.87 bits per heavy atom. The first-order valence-electron chi connectivity index (χ1n) is 37.9. The van der Waals surface area contributed by atoms with Gasteiger partial charge in [-0.05, 0) is 161 Å². The number of aliphatic hydroxyl groups is 2. The maximum atomic E-state index is 14.9. The lowest BCUT2D eigenvalue weighted by molar-refractivity contribution is -0.136. The van der Waals surface area contributed by atoms with Crippen molar-refractivity contribution in [3.63, 3.8) is 0 Å². The lowest BCUT2D eigenvalue weighted by Gasteiger charge is -2.28. The number of pyridine rings is 1. The standard InChI is InChI=1S/C79H107N19O14S3/c1-44(2)39-60-74(108)89-55(28-33-80)69(103)88-58(31-36-83)73(107)95-65(45(3)99)76(110)86-38-32-59(72(106)87-56(29-34-81)71(105)93-61(75(109)92-60)40-47-17-10-9-11-18-47)90-70(104)57(30-35-82)91-77(111)66(46(4)100)94-64(101)43-114-113-42-48-19-16-22-53(79(5,6)7)67(48)96-78(112)98-62-41-50(115-63-23-13-12-21-52(63)68(102)84-8)25-26-51(62)54(97-98)27-24-49-20-14-15-37-85-49/h9-27,37,41,44-46,55-61,65-66,99-100H,28-36,38-40,42-43,80-83H2,1-8H3,(H,84,102)(H,86,110)(H,87,106)(H,88,103)(H,89,108)(H,90,104)(H,91,111)(H,92,109)(H,93,105)(H,94,101)(H,95,107)(H,96,112)/b27-24+/t45-,46-,55-,56-,57-,58-,59+,60-,61-,65-,66+/m1/s1. The molecular weight excluding hydrogens is 1540 g/mol. The summed E-state index contributed by atoms with van der Waals surface area (Å²) in [5.74, 6) is -9.72. The molecule has 0 spiro atoms. The number of fused-ring (bicyclic) bond motifs is 1. The smallest absolute Gasteiger partial charge is 0.347 e. The molecule has 0 aliphatic carbocycles. The maximum absolute atomic E-state index is 14.9. The normalized spacial score (nSPS) is 19.6. The molecule has 6 aromatic rings. The Labute approximate surface area is 680 Å². The summed E-state index contributed by atoms with van der Waals surface area (Å²) in [5, 5.41) is 59.1. The molecule has 0 bridgehead atoms. The lowest BCUT2D eigenvalue weighted by atomic mass is 9.84. The number of aromatic nitrogens is 3. The number of carbonyl (C=O) groups is 12. The van der Waals surface area contributed by atoms with Crippen LogP contribution in [0.5, 0.6) is 0 Å². The molecule has 12 amide bonds. The Morgan fingerprint density at radius 2 is 1.26 bits per heavy atom. The van der Waals surface area contributed by atoms with Gasteiger partial charge in [-0.1, -0.05) is 135 Å². The van der Waals surface area contributed by atoms with Gasteiger partial charge in [0.15, 0.2) is 0 Å². The van der Waals surface area contributed by atoms with E-state index in [0.29, 0.717) is 49.6 Å². The highest BCUT2D eigenvalue weighted by Crippen LogP contribution is 2.38. The second kappa shape index (κ2) is 45.1. The minimum atomic E-state index is -1.71. The van der Waals surface area contributed by atoms with E-state index in [1.165, 1.54) is 41.1 Å². The van der Waals surface area contributed by atoms with Crippen LogP contribution in [0.15, 0.2) is 125 Å². The van der Waals surface area contributed by atoms with Crippen molar-refractivity contribution in [2.75, 3.05) is 50.8 Å². The third-order valence-electron chi connectivity index (χ3n) is 18.4. The zero-order valence-electron chi connectivity index (χ0n) is 65.6. The second-order valence-electron chi connectivity index (χ2n) is 28.9. The van der Waals surface area contributed by atoms with Crippen molar-refractivity contribution in [2.45, 2.75) is 181 Å². The number of hydrogen-bond acceptors (Lipinski definition) is 23. The summed E-state index contributed by atoms with van der Waals surface area (Å²) in [6, 6.07) is 18.1. The molecule has 1 saturated heterocycles. The third kappa shape index (κ3) is 27.4. The Bertz CT molecular complexity index is 4400. The van der Waals surface area contributed by atoms with Crippen molar-refractivity contribution in [2.24, 2.45) is 28.9 Å². The Morgan fingerprint density at radius 1 is 0.652 bits per heavy atom. The second-order valence-corrected chi connectivity index (χ2v) is 32.5. The number of anilines is 1. The molecule has 0 unspecified atom stereocenters. The largest absolute Gasteiger partial charge is 0.391 e. The van der Waals surface area contributed by atoms with Gasteiger partial charge in [0.2, 0.25) is 59.1 Å². The van der Waals surface area contributed by atoms with Crippen LogP contribution < -0.4 is 86.7 Å². The van der Waals surface area contributed by atoms with Crippen LogP contribution in [-0.2, 0) is 65.5 Å². The number of rotatable bonds is 30. The SMILES string of the molecule is CNC(=O)c1ccccc1Sc1ccc2c(/C=C/c3ccccn3)nn(C(=O)Nc3c(CSSCC(=O)N[C@H](C(=O)N[C@H](CCN)C(=O)N[C@H]4CCNC(=O)[C@@H]([C@@H](C)O)NC(=O)[C@@H](CCN)NC(=O)[C@@H](CCN)NC(=O)[C@@H](CC(C)C)NC(=O)[C@@H](Cc5ccccc5)NC(=O)[C@@H](CCN)NC4=O)[C@@H](C)O)cccc3C(C)(C)C)c2c1. The molecule has 0 saturated carbocycles. The molecule has 3 heterocycles. The van der Waals surface area contributed by atoms with Gasteiger partial charge in [0, 0.05) is 47.1 Å². The van der Waals surface area contributed by atoms with Crippen molar-refractivity contribution in [3.8, 4) is 0 Å². The van der Waals surface area contributed by atoms with E-state index in [1.807, 2.05) is 81.4 Å².